The molecular formula is C25H26F2N2O6. The molecule has 8 nitrogen and oxygen atoms in total. The highest BCUT2D eigenvalue weighted by atomic mass is 19.3. The van der Waals surface area contributed by atoms with Crippen molar-refractivity contribution in [3.05, 3.63) is 59.7 Å². The number of benzene rings is 2. The van der Waals surface area contributed by atoms with Crippen molar-refractivity contribution in [2.24, 2.45) is 5.92 Å². The first-order chi connectivity index (χ1) is 16.8. The number of hydrogen-bond donors (Lipinski definition) is 3. The van der Waals surface area contributed by atoms with E-state index in [0.717, 1.165) is 22.3 Å². The van der Waals surface area contributed by atoms with E-state index in [1.807, 2.05) is 48.5 Å². The number of hydrogen-bond acceptors (Lipinski definition) is 5. The van der Waals surface area contributed by atoms with E-state index >= 15 is 0 Å². The minimum Gasteiger partial charge on any atom is -0.480 e. The summed E-state index contributed by atoms with van der Waals surface area (Å²) >= 11 is 0. The highest BCUT2D eigenvalue weighted by Gasteiger charge is 2.37. The van der Waals surface area contributed by atoms with Crippen molar-refractivity contribution in [2.75, 3.05) is 19.8 Å². The van der Waals surface area contributed by atoms with Gasteiger partial charge in [-0.2, -0.15) is 0 Å². The number of halogens is 2. The van der Waals surface area contributed by atoms with Crippen molar-refractivity contribution in [3.8, 4) is 11.1 Å². The molecule has 2 amide bonds. The van der Waals surface area contributed by atoms with Gasteiger partial charge in [0, 0.05) is 31.4 Å². The Hall–Kier alpha value is -3.53. The van der Waals surface area contributed by atoms with E-state index in [2.05, 4.69) is 10.6 Å². The Labute approximate surface area is 200 Å². The van der Waals surface area contributed by atoms with Crippen LogP contribution < -0.4 is 10.6 Å². The van der Waals surface area contributed by atoms with E-state index in [9.17, 15) is 23.2 Å². The van der Waals surface area contributed by atoms with Crippen LogP contribution in [0.1, 0.15) is 29.9 Å². The molecular weight excluding hydrogens is 462 g/mol. The average molecular weight is 488 g/mol. The summed E-state index contributed by atoms with van der Waals surface area (Å²) in [4.78, 5) is 36.0. The zero-order valence-corrected chi connectivity index (χ0v) is 18.8. The molecule has 2 aromatic carbocycles. The molecule has 3 atom stereocenters. The van der Waals surface area contributed by atoms with Gasteiger partial charge in [0.1, 0.15) is 18.8 Å². The van der Waals surface area contributed by atoms with Crippen LogP contribution in [0.2, 0.25) is 0 Å². The molecule has 0 bridgehead atoms. The van der Waals surface area contributed by atoms with Crippen molar-refractivity contribution in [1.82, 2.24) is 10.6 Å². The molecule has 0 saturated carbocycles. The number of ether oxygens (including phenoxy) is 2. The largest absolute Gasteiger partial charge is 0.480 e. The van der Waals surface area contributed by atoms with Gasteiger partial charge in [0.2, 0.25) is 12.3 Å². The number of rotatable bonds is 9. The Morgan fingerprint density at radius 2 is 1.69 bits per heavy atom. The fourth-order valence-corrected chi connectivity index (χ4v) is 4.65. The van der Waals surface area contributed by atoms with E-state index in [4.69, 9.17) is 14.6 Å². The maximum atomic E-state index is 12.6. The van der Waals surface area contributed by atoms with E-state index in [0.29, 0.717) is 6.42 Å². The molecule has 1 saturated heterocycles. The summed E-state index contributed by atoms with van der Waals surface area (Å²) in [6.45, 7) is 0.419. The Morgan fingerprint density at radius 1 is 1.06 bits per heavy atom. The van der Waals surface area contributed by atoms with E-state index in [1.165, 1.54) is 0 Å². The van der Waals surface area contributed by atoms with Gasteiger partial charge in [0.05, 0.1) is 0 Å². The van der Waals surface area contributed by atoms with Gasteiger partial charge in [0.25, 0.3) is 0 Å². The summed E-state index contributed by atoms with van der Waals surface area (Å²) < 4.78 is 36.1. The smallest absolute Gasteiger partial charge is 0.407 e. The van der Waals surface area contributed by atoms with Crippen molar-refractivity contribution in [3.63, 3.8) is 0 Å². The van der Waals surface area contributed by atoms with Crippen LogP contribution >= 0.6 is 0 Å². The van der Waals surface area contributed by atoms with Gasteiger partial charge in [-0.15, -0.1) is 0 Å². The Morgan fingerprint density at radius 3 is 2.29 bits per heavy atom. The Balaban J connectivity index is 1.30. The molecule has 3 N–H and O–H groups in total. The molecule has 3 unspecified atom stereocenters. The number of fused-ring (bicyclic) bond motifs is 3. The molecule has 1 fully saturated rings. The highest BCUT2D eigenvalue weighted by Crippen LogP contribution is 2.44. The molecule has 4 rings (SSSR count). The van der Waals surface area contributed by atoms with Crippen molar-refractivity contribution in [2.45, 2.75) is 37.3 Å². The molecule has 0 aromatic heterocycles. The molecule has 10 heteroatoms. The molecule has 1 heterocycles. The number of amides is 2. The monoisotopic (exact) mass is 488 g/mol. The lowest BCUT2D eigenvalue weighted by Gasteiger charge is -2.21. The van der Waals surface area contributed by atoms with Crippen molar-refractivity contribution < 1.29 is 37.7 Å². The minimum absolute atomic E-state index is 0.0569. The van der Waals surface area contributed by atoms with Gasteiger partial charge in [-0.1, -0.05) is 48.5 Å². The number of aliphatic carboxylic acids is 1. The molecule has 1 aliphatic heterocycles. The van der Waals surface area contributed by atoms with Crippen molar-refractivity contribution in [1.29, 1.82) is 0 Å². The summed E-state index contributed by atoms with van der Waals surface area (Å²) in [6.07, 6.45) is -5.15. The summed E-state index contributed by atoms with van der Waals surface area (Å²) in [7, 11) is 0. The van der Waals surface area contributed by atoms with Crippen LogP contribution in [-0.4, -0.2) is 61.4 Å². The van der Waals surface area contributed by atoms with Gasteiger partial charge in [-0.25, -0.2) is 18.4 Å². The fraction of sp³-hybridized carbons (Fsp3) is 0.400. The Kier molecular flexibility index (Phi) is 7.60. The van der Waals surface area contributed by atoms with E-state index in [1.54, 1.807) is 0 Å². The third-order valence-corrected chi connectivity index (χ3v) is 6.35. The van der Waals surface area contributed by atoms with Gasteiger partial charge in [-0.3, -0.25) is 4.79 Å². The second-order valence-electron chi connectivity index (χ2n) is 8.57. The van der Waals surface area contributed by atoms with Crippen LogP contribution in [0.4, 0.5) is 13.6 Å². The normalized spacial score (nSPS) is 19.6. The van der Waals surface area contributed by atoms with Gasteiger partial charge >= 0.3 is 12.1 Å². The zero-order chi connectivity index (χ0) is 24.9. The first kappa shape index (κ1) is 24.6. The summed E-state index contributed by atoms with van der Waals surface area (Å²) in [5.74, 6) is -2.89. The molecule has 35 heavy (non-hydrogen) atoms. The van der Waals surface area contributed by atoms with E-state index in [-0.39, 0.29) is 25.7 Å². The van der Waals surface area contributed by atoms with Crippen LogP contribution in [0.15, 0.2) is 48.5 Å². The number of carbonyl (C=O) groups excluding carboxylic acids is 2. The second-order valence-corrected chi connectivity index (χ2v) is 8.57. The minimum atomic E-state index is -2.88. The van der Waals surface area contributed by atoms with Crippen LogP contribution in [-0.2, 0) is 19.1 Å². The third kappa shape index (κ3) is 5.59. The van der Waals surface area contributed by atoms with Crippen LogP contribution in [0.25, 0.3) is 11.1 Å². The maximum Gasteiger partial charge on any atom is 0.407 e. The second kappa shape index (κ2) is 10.8. The van der Waals surface area contributed by atoms with Crippen LogP contribution in [0.3, 0.4) is 0 Å². The molecule has 1 aliphatic carbocycles. The van der Waals surface area contributed by atoms with Crippen LogP contribution in [0.5, 0.6) is 0 Å². The number of alkyl carbamates (subject to hydrolysis) is 1. The lowest BCUT2D eigenvalue weighted by Crippen LogP contribution is -2.49. The first-order valence-corrected chi connectivity index (χ1v) is 11.4. The number of carboxylic acid groups (broad SMARTS) is 1. The van der Waals surface area contributed by atoms with Gasteiger partial charge in [-0.05, 0) is 28.7 Å². The SMILES string of the molecule is O=C(NCC1CCOC1C(=O)NC(CC(F)F)C(=O)O)OCC1c2ccccc2-c2ccccc21. The number of nitrogens with one attached hydrogen (secondary N) is 2. The predicted octanol–water partition coefficient (Wildman–Crippen LogP) is 3.15. The standard InChI is InChI=1S/C25H26F2N2O6/c26-21(27)11-20(24(31)32)29-23(30)22-14(9-10-34-22)12-28-25(33)35-13-19-17-7-3-1-5-15(17)16-6-2-4-8-18(16)19/h1-8,14,19-22H,9-13H2,(H,28,33)(H,29,30)(H,31,32). The number of carbonyl (C=O) groups is 3. The molecule has 2 aromatic rings. The number of alkyl halides is 2. The first-order valence-electron chi connectivity index (χ1n) is 11.4. The molecule has 0 spiro atoms. The van der Waals surface area contributed by atoms with Crippen LogP contribution in [0, 0.1) is 5.92 Å². The lowest BCUT2D eigenvalue weighted by molar-refractivity contribution is -0.145. The average Bonchev–Trinajstić information content (AvgIpc) is 3.43. The molecule has 0 radical (unpaired) electrons. The van der Waals surface area contributed by atoms with Gasteiger partial charge in [0.15, 0.2) is 0 Å². The lowest BCUT2D eigenvalue weighted by atomic mass is 9.98. The van der Waals surface area contributed by atoms with Gasteiger partial charge < -0.3 is 25.2 Å². The van der Waals surface area contributed by atoms with E-state index < -0.39 is 48.9 Å². The third-order valence-electron chi connectivity index (χ3n) is 6.35. The molecule has 2 aliphatic rings. The number of carboxylic acids is 1. The molecule has 186 valence electrons. The highest BCUT2D eigenvalue weighted by molar-refractivity contribution is 5.86. The quantitative estimate of drug-likeness (QED) is 0.500. The summed E-state index contributed by atoms with van der Waals surface area (Å²) in [5, 5.41) is 13.8. The summed E-state index contributed by atoms with van der Waals surface area (Å²) in [5.41, 5.74) is 4.39. The predicted molar refractivity (Wildman–Crippen MR) is 121 cm³/mol. The van der Waals surface area contributed by atoms with Crippen molar-refractivity contribution >= 4 is 18.0 Å². The summed E-state index contributed by atoms with van der Waals surface area (Å²) in [6, 6.07) is 14.2. The Bertz CT molecular complexity index is 1050. The maximum absolute atomic E-state index is 12.6. The topological polar surface area (TPSA) is 114 Å². The zero-order valence-electron chi connectivity index (χ0n) is 18.8. The fourth-order valence-electron chi connectivity index (χ4n) is 4.65.